The number of carbonyl (C=O) groups excluding carboxylic acids is 1. The number of carboxylic acid groups (broad SMARTS) is 1. The Morgan fingerprint density at radius 3 is 2.90 bits per heavy atom. The fourth-order valence-corrected chi connectivity index (χ4v) is 2.18. The molecule has 0 aliphatic carbocycles. The highest BCUT2D eigenvalue weighted by atomic mass is 16.5. The lowest BCUT2D eigenvalue weighted by atomic mass is 10.1. The lowest BCUT2D eigenvalue weighted by molar-refractivity contribution is 0.0696. The standard InChI is InChI=1S/C14H18N2O4/c1-9-11(13(17)18)5-2-6-12(9)16-14(19)15-8-10-4-3-7-20-10/h2,5-6,10H,3-4,7-8H2,1H3,(H,17,18)(H2,15,16,19). The van der Waals surface area contributed by atoms with Crippen LogP contribution in [0, 0.1) is 6.92 Å². The quantitative estimate of drug-likeness (QED) is 0.786. The van der Waals surface area contributed by atoms with Crippen LogP contribution in [0.25, 0.3) is 0 Å². The number of urea groups is 1. The molecular weight excluding hydrogens is 260 g/mol. The SMILES string of the molecule is Cc1c(NC(=O)NCC2CCCO2)cccc1C(=O)O. The average Bonchev–Trinajstić information content (AvgIpc) is 2.91. The molecule has 0 aromatic heterocycles. The first-order valence-electron chi connectivity index (χ1n) is 6.57. The van der Waals surface area contributed by atoms with E-state index in [-0.39, 0.29) is 17.7 Å². The van der Waals surface area contributed by atoms with Crippen molar-refractivity contribution in [1.29, 1.82) is 0 Å². The van der Waals surface area contributed by atoms with Gasteiger partial charge < -0.3 is 20.5 Å². The van der Waals surface area contributed by atoms with Gasteiger partial charge in [-0.1, -0.05) is 6.07 Å². The molecule has 1 fully saturated rings. The van der Waals surface area contributed by atoms with Crippen LogP contribution in [0.3, 0.4) is 0 Å². The van der Waals surface area contributed by atoms with Crippen LogP contribution >= 0.6 is 0 Å². The van der Waals surface area contributed by atoms with Crippen LogP contribution in [0.1, 0.15) is 28.8 Å². The second-order valence-electron chi connectivity index (χ2n) is 4.75. The van der Waals surface area contributed by atoms with E-state index in [0.29, 0.717) is 17.8 Å². The average molecular weight is 278 g/mol. The number of nitrogens with one attached hydrogen (secondary N) is 2. The van der Waals surface area contributed by atoms with E-state index in [4.69, 9.17) is 9.84 Å². The Morgan fingerprint density at radius 1 is 1.45 bits per heavy atom. The first-order chi connectivity index (χ1) is 9.58. The van der Waals surface area contributed by atoms with E-state index < -0.39 is 5.97 Å². The summed E-state index contributed by atoms with van der Waals surface area (Å²) < 4.78 is 5.41. The molecule has 1 aromatic carbocycles. The Morgan fingerprint density at radius 2 is 2.25 bits per heavy atom. The molecule has 0 radical (unpaired) electrons. The van der Waals surface area contributed by atoms with Gasteiger partial charge in [-0.05, 0) is 37.5 Å². The molecule has 108 valence electrons. The summed E-state index contributed by atoms with van der Waals surface area (Å²) in [5, 5.41) is 14.4. The number of hydrogen-bond acceptors (Lipinski definition) is 3. The third-order valence-electron chi connectivity index (χ3n) is 3.33. The van der Waals surface area contributed by atoms with Crippen LogP contribution < -0.4 is 10.6 Å². The summed E-state index contributed by atoms with van der Waals surface area (Å²) in [5.74, 6) is -1.01. The van der Waals surface area contributed by atoms with Gasteiger partial charge in [0.15, 0.2) is 0 Å². The second kappa shape index (κ2) is 6.38. The number of anilines is 1. The van der Waals surface area contributed by atoms with Crippen LogP contribution in [0.15, 0.2) is 18.2 Å². The van der Waals surface area contributed by atoms with Crippen molar-refractivity contribution in [3.63, 3.8) is 0 Å². The van der Waals surface area contributed by atoms with Gasteiger partial charge in [0, 0.05) is 18.8 Å². The number of hydrogen-bond donors (Lipinski definition) is 3. The van der Waals surface area contributed by atoms with Crippen molar-refractivity contribution < 1.29 is 19.4 Å². The lowest BCUT2D eigenvalue weighted by Gasteiger charge is -2.13. The van der Waals surface area contributed by atoms with E-state index in [2.05, 4.69) is 10.6 Å². The molecular formula is C14H18N2O4. The maximum absolute atomic E-state index is 11.8. The molecule has 1 aliphatic heterocycles. The predicted octanol–water partition coefficient (Wildman–Crippen LogP) is 1.99. The number of carboxylic acids is 1. The van der Waals surface area contributed by atoms with Crippen LogP contribution in [-0.4, -0.2) is 36.4 Å². The predicted molar refractivity (Wildman–Crippen MR) is 74.1 cm³/mol. The molecule has 2 amide bonds. The monoisotopic (exact) mass is 278 g/mol. The Kier molecular flexibility index (Phi) is 4.57. The molecule has 1 aromatic rings. The molecule has 0 spiro atoms. The van der Waals surface area contributed by atoms with E-state index in [0.717, 1.165) is 19.4 Å². The molecule has 6 heteroatoms. The highest BCUT2D eigenvalue weighted by Crippen LogP contribution is 2.19. The van der Waals surface area contributed by atoms with E-state index in [1.54, 1.807) is 19.1 Å². The van der Waals surface area contributed by atoms with Crippen molar-refractivity contribution in [2.24, 2.45) is 0 Å². The van der Waals surface area contributed by atoms with Crippen LogP contribution in [0.4, 0.5) is 10.5 Å². The van der Waals surface area contributed by atoms with Gasteiger partial charge in [0.1, 0.15) is 0 Å². The van der Waals surface area contributed by atoms with Crippen molar-refractivity contribution in [1.82, 2.24) is 5.32 Å². The molecule has 1 atom stereocenters. The van der Waals surface area contributed by atoms with E-state index in [9.17, 15) is 9.59 Å². The molecule has 1 unspecified atom stereocenters. The normalized spacial score (nSPS) is 17.8. The number of aromatic carboxylic acids is 1. The summed E-state index contributed by atoms with van der Waals surface area (Å²) >= 11 is 0. The molecule has 0 bridgehead atoms. The van der Waals surface area contributed by atoms with Gasteiger partial charge in [0.05, 0.1) is 11.7 Å². The van der Waals surface area contributed by atoms with Gasteiger partial charge in [-0.15, -0.1) is 0 Å². The summed E-state index contributed by atoms with van der Waals surface area (Å²) in [6.45, 7) is 2.87. The fourth-order valence-electron chi connectivity index (χ4n) is 2.18. The Balaban J connectivity index is 1.93. The highest BCUT2D eigenvalue weighted by molar-refractivity contribution is 5.95. The lowest BCUT2D eigenvalue weighted by Crippen LogP contribution is -2.35. The second-order valence-corrected chi connectivity index (χ2v) is 4.75. The van der Waals surface area contributed by atoms with Crippen LogP contribution in [-0.2, 0) is 4.74 Å². The van der Waals surface area contributed by atoms with Crippen LogP contribution in [0.2, 0.25) is 0 Å². The van der Waals surface area contributed by atoms with Crippen molar-refractivity contribution in [2.75, 3.05) is 18.5 Å². The van der Waals surface area contributed by atoms with E-state index in [1.165, 1.54) is 6.07 Å². The van der Waals surface area contributed by atoms with E-state index in [1.807, 2.05) is 0 Å². The van der Waals surface area contributed by atoms with Crippen molar-refractivity contribution in [2.45, 2.75) is 25.9 Å². The topological polar surface area (TPSA) is 87.7 Å². The number of rotatable bonds is 4. The number of ether oxygens (including phenoxy) is 1. The Hall–Kier alpha value is -2.08. The minimum absolute atomic E-state index is 0.0761. The number of amides is 2. The zero-order chi connectivity index (χ0) is 14.5. The van der Waals surface area contributed by atoms with Gasteiger partial charge in [0.2, 0.25) is 0 Å². The fraction of sp³-hybridized carbons (Fsp3) is 0.429. The summed E-state index contributed by atoms with van der Waals surface area (Å²) in [6.07, 6.45) is 2.05. The summed E-state index contributed by atoms with van der Waals surface area (Å²) in [4.78, 5) is 22.8. The molecule has 6 nitrogen and oxygen atoms in total. The maximum Gasteiger partial charge on any atom is 0.336 e. The summed E-state index contributed by atoms with van der Waals surface area (Å²) in [6, 6.07) is 4.43. The summed E-state index contributed by atoms with van der Waals surface area (Å²) in [5.41, 5.74) is 1.21. The third-order valence-corrected chi connectivity index (χ3v) is 3.33. The molecule has 3 N–H and O–H groups in total. The molecule has 1 heterocycles. The first kappa shape index (κ1) is 14.3. The van der Waals surface area contributed by atoms with Crippen molar-refractivity contribution in [3.8, 4) is 0 Å². The molecule has 0 saturated carbocycles. The van der Waals surface area contributed by atoms with Gasteiger partial charge in [0.25, 0.3) is 0 Å². The van der Waals surface area contributed by atoms with Gasteiger partial charge in [-0.3, -0.25) is 0 Å². The molecule has 2 rings (SSSR count). The first-order valence-corrected chi connectivity index (χ1v) is 6.57. The number of benzene rings is 1. The molecule has 1 aliphatic rings. The van der Waals surface area contributed by atoms with Gasteiger partial charge in [-0.25, -0.2) is 9.59 Å². The summed E-state index contributed by atoms with van der Waals surface area (Å²) in [7, 11) is 0. The molecule has 1 saturated heterocycles. The third kappa shape index (κ3) is 3.48. The van der Waals surface area contributed by atoms with Gasteiger partial charge in [-0.2, -0.15) is 0 Å². The van der Waals surface area contributed by atoms with Crippen molar-refractivity contribution >= 4 is 17.7 Å². The minimum Gasteiger partial charge on any atom is -0.478 e. The Labute approximate surface area is 117 Å². The smallest absolute Gasteiger partial charge is 0.336 e. The molecule has 20 heavy (non-hydrogen) atoms. The van der Waals surface area contributed by atoms with Gasteiger partial charge >= 0.3 is 12.0 Å². The zero-order valence-corrected chi connectivity index (χ0v) is 11.3. The Bertz CT molecular complexity index is 510. The maximum atomic E-state index is 11.8. The highest BCUT2D eigenvalue weighted by Gasteiger charge is 2.17. The number of carbonyl (C=O) groups is 2. The largest absolute Gasteiger partial charge is 0.478 e. The zero-order valence-electron chi connectivity index (χ0n) is 11.3. The van der Waals surface area contributed by atoms with Crippen molar-refractivity contribution in [3.05, 3.63) is 29.3 Å². The van der Waals surface area contributed by atoms with E-state index >= 15 is 0 Å². The van der Waals surface area contributed by atoms with Crippen LogP contribution in [0.5, 0.6) is 0 Å². The minimum atomic E-state index is -1.01.